The van der Waals surface area contributed by atoms with Gasteiger partial charge in [-0.3, -0.25) is 15.1 Å². The minimum Gasteiger partial charge on any atom is -0.298 e. The van der Waals surface area contributed by atoms with Crippen molar-refractivity contribution in [1.29, 1.82) is 0 Å². The number of anilines is 1. The lowest BCUT2D eigenvalue weighted by Gasteiger charge is -2.14. The lowest BCUT2D eigenvalue weighted by Crippen LogP contribution is -2.18. The van der Waals surface area contributed by atoms with E-state index in [0.717, 1.165) is 38.9 Å². The van der Waals surface area contributed by atoms with Crippen molar-refractivity contribution in [2.75, 3.05) is 11.6 Å². The Hall–Kier alpha value is -3.88. The number of carbonyl (C=O) groups is 1. The Kier molecular flexibility index (Phi) is 6.86. The topological polar surface area (TPSA) is 89.0 Å². The van der Waals surface area contributed by atoms with E-state index in [1.807, 2.05) is 78.2 Å². The number of amides is 1. The van der Waals surface area contributed by atoms with Gasteiger partial charge < -0.3 is 0 Å². The Labute approximate surface area is 220 Å². The fraction of sp³-hybridized carbons (Fsp3) is 0.138. The van der Waals surface area contributed by atoms with Crippen LogP contribution in [0, 0.1) is 0 Å². The van der Waals surface area contributed by atoms with E-state index in [4.69, 9.17) is 0 Å². The minimum absolute atomic E-state index is 0.255. The summed E-state index contributed by atoms with van der Waals surface area (Å²) in [6.07, 6.45) is 3.38. The van der Waals surface area contributed by atoms with Crippen molar-refractivity contribution in [3.63, 3.8) is 0 Å². The molecule has 37 heavy (non-hydrogen) atoms. The van der Waals surface area contributed by atoms with E-state index >= 15 is 0 Å². The second-order valence-corrected chi connectivity index (χ2v) is 12.3. The standard InChI is InChI=1S/C29H25N3O3S2/c1-19(37(2,34)35)14-20-15-23-12-7-13-30-27(23)25(16-20)22-10-6-11-24(17-22)28(33)32-29-31-26(18-36-29)21-8-4-3-5-9-21/h3-13,15-19H,14H2,1-2H3,(H,31,32,33). The molecule has 6 nitrogen and oxygen atoms in total. The normalized spacial score (nSPS) is 12.4. The molecule has 0 aliphatic heterocycles. The van der Waals surface area contributed by atoms with Gasteiger partial charge in [0.15, 0.2) is 5.13 Å². The minimum atomic E-state index is -3.17. The van der Waals surface area contributed by atoms with Crippen LogP contribution in [0.15, 0.2) is 90.4 Å². The number of carbonyl (C=O) groups excluding carboxylic acids is 1. The van der Waals surface area contributed by atoms with Crippen molar-refractivity contribution in [1.82, 2.24) is 9.97 Å². The van der Waals surface area contributed by atoms with Crippen LogP contribution in [-0.4, -0.2) is 35.8 Å². The molecule has 0 aliphatic carbocycles. The molecule has 5 rings (SSSR count). The van der Waals surface area contributed by atoms with E-state index in [1.54, 1.807) is 19.2 Å². The van der Waals surface area contributed by atoms with Gasteiger partial charge in [0.1, 0.15) is 9.84 Å². The van der Waals surface area contributed by atoms with Crippen molar-refractivity contribution >= 4 is 43.1 Å². The number of benzene rings is 3. The number of sulfone groups is 1. The van der Waals surface area contributed by atoms with Gasteiger partial charge in [-0.1, -0.05) is 48.5 Å². The molecule has 0 spiro atoms. The summed E-state index contributed by atoms with van der Waals surface area (Å²) >= 11 is 1.38. The quantitative estimate of drug-likeness (QED) is 0.270. The molecule has 0 radical (unpaired) electrons. The zero-order chi connectivity index (χ0) is 26.0. The number of fused-ring (bicyclic) bond motifs is 1. The van der Waals surface area contributed by atoms with E-state index in [-0.39, 0.29) is 5.91 Å². The van der Waals surface area contributed by atoms with Gasteiger partial charge >= 0.3 is 0 Å². The Balaban J connectivity index is 1.45. The summed E-state index contributed by atoms with van der Waals surface area (Å²) in [5.41, 5.74) is 5.67. The summed E-state index contributed by atoms with van der Waals surface area (Å²) in [5.74, 6) is -0.255. The van der Waals surface area contributed by atoms with Gasteiger partial charge in [-0.15, -0.1) is 11.3 Å². The highest BCUT2D eigenvalue weighted by atomic mass is 32.2. The lowest BCUT2D eigenvalue weighted by atomic mass is 9.96. The predicted octanol–water partition coefficient (Wildman–Crippen LogP) is 6.25. The highest BCUT2D eigenvalue weighted by molar-refractivity contribution is 7.91. The van der Waals surface area contributed by atoms with Gasteiger partial charge in [-0.2, -0.15) is 0 Å². The van der Waals surface area contributed by atoms with Gasteiger partial charge in [-0.25, -0.2) is 13.4 Å². The highest BCUT2D eigenvalue weighted by Crippen LogP contribution is 2.31. The fourth-order valence-electron chi connectivity index (χ4n) is 4.15. The van der Waals surface area contributed by atoms with E-state index < -0.39 is 15.1 Å². The molecule has 3 aromatic carbocycles. The van der Waals surface area contributed by atoms with Crippen LogP contribution in [0.3, 0.4) is 0 Å². The maximum Gasteiger partial charge on any atom is 0.257 e. The first-order valence-corrected chi connectivity index (χ1v) is 14.6. The third-order valence-corrected chi connectivity index (χ3v) is 8.63. The SMILES string of the molecule is CC(Cc1cc(-c2cccc(C(=O)Nc3nc(-c4ccccc4)cs3)c2)c2ncccc2c1)S(C)(=O)=O. The fourth-order valence-corrected chi connectivity index (χ4v) is 5.36. The number of nitrogens with one attached hydrogen (secondary N) is 1. The molecular formula is C29H25N3O3S2. The van der Waals surface area contributed by atoms with E-state index in [1.165, 1.54) is 17.6 Å². The molecule has 1 N–H and O–H groups in total. The summed E-state index contributed by atoms with van der Waals surface area (Å²) in [6, 6.07) is 24.9. The zero-order valence-electron chi connectivity index (χ0n) is 20.4. The van der Waals surface area contributed by atoms with Crippen LogP contribution in [0.4, 0.5) is 5.13 Å². The molecule has 8 heteroatoms. The van der Waals surface area contributed by atoms with Crippen LogP contribution in [0.25, 0.3) is 33.3 Å². The van der Waals surface area contributed by atoms with Gasteiger partial charge in [-0.05, 0) is 54.8 Å². The molecule has 1 atom stereocenters. The van der Waals surface area contributed by atoms with Gasteiger partial charge in [0.2, 0.25) is 0 Å². The van der Waals surface area contributed by atoms with E-state index in [2.05, 4.69) is 15.3 Å². The summed E-state index contributed by atoms with van der Waals surface area (Å²) < 4.78 is 24.1. The number of aromatic nitrogens is 2. The molecule has 1 amide bonds. The van der Waals surface area contributed by atoms with Crippen molar-refractivity contribution < 1.29 is 13.2 Å². The molecule has 5 aromatic rings. The number of thiazole rings is 1. The zero-order valence-corrected chi connectivity index (χ0v) is 22.0. The van der Waals surface area contributed by atoms with E-state index in [9.17, 15) is 13.2 Å². The summed E-state index contributed by atoms with van der Waals surface area (Å²) in [5, 5.41) is 5.76. The highest BCUT2D eigenvalue weighted by Gasteiger charge is 2.18. The van der Waals surface area contributed by atoms with Gasteiger partial charge in [0.05, 0.1) is 16.5 Å². The average Bonchev–Trinajstić information content (AvgIpc) is 3.37. The first kappa shape index (κ1) is 24.8. The van der Waals surface area contributed by atoms with Gasteiger partial charge in [0, 0.05) is 39.9 Å². The van der Waals surface area contributed by atoms with Gasteiger partial charge in [0.25, 0.3) is 5.91 Å². The smallest absolute Gasteiger partial charge is 0.257 e. The predicted molar refractivity (Wildman–Crippen MR) is 151 cm³/mol. The summed E-state index contributed by atoms with van der Waals surface area (Å²) in [7, 11) is -3.17. The monoisotopic (exact) mass is 527 g/mol. The van der Waals surface area contributed by atoms with Crippen LogP contribution in [0.1, 0.15) is 22.8 Å². The molecule has 0 bridgehead atoms. The second kappa shape index (κ2) is 10.2. The van der Waals surface area contributed by atoms with Crippen LogP contribution in [0.2, 0.25) is 0 Å². The molecule has 1 unspecified atom stereocenters. The Morgan fingerprint density at radius 2 is 1.76 bits per heavy atom. The molecule has 0 saturated heterocycles. The Morgan fingerprint density at radius 1 is 0.973 bits per heavy atom. The van der Waals surface area contributed by atoms with Crippen molar-refractivity contribution in [2.24, 2.45) is 0 Å². The molecule has 186 valence electrons. The van der Waals surface area contributed by atoms with E-state index in [0.29, 0.717) is 17.1 Å². The number of hydrogen-bond donors (Lipinski definition) is 1. The second-order valence-electron chi connectivity index (χ2n) is 9.00. The summed E-state index contributed by atoms with van der Waals surface area (Å²) in [6.45, 7) is 1.72. The van der Waals surface area contributed by atoms with Crippen molar-refractivity contribution in [3.05, 3.63) is 102 Å². The molecule has 2 aromatic heterocycles. The molecule has 0 aliphatic rings. The Bertz CT molecular complexity index is 1700. The first-order valence-electron chi connectivity index (χ1n) is 11.8. The number of nitrogens with zero attached hydrogens (tertiary/aromatic N) is 2. The molecule has 0 saturated carbocycles. The molecular weight excluding hydrogens is 502 g/mol. The van der Waals surface area contributed by atoms with Crippen molar-refractivity contribution in [2.45, 2.75) is 18.6 Å². The molecule has 0 fully saturated rings. The van der Waals surface area contributed by atoms with Crippen LogP contribution >= 0.6 is 11.3 Å². The van der Waals surface area contributed by atoms with Crippen LogP contribution < -0.4 is 5.32 Å². The number of pyridine rings is 1. The van der Waals surface area contributed by atoms with Crippen molar-refractivity contribution in [3.8, 4) is 22.4 Å². The van der Waals surface area contributed by atoms with Crippen LogP contribution in [0.5, 0.6) is 0 Å². The largest absolute Gasteiger partial charge is 0.298 e. The average molecular weight is 528 g/mol. The number of hydrogen-bond acceptors (Lipinski definition) is 6. The number of rotatable bonds is 7. The lowest BCUT2D eigenvalue weighted by molar-refractivity contribution is 0.102. The maximum atomic E-state index is 13.1. The third kappa shape index (κ3) is 5.60. The Morgan fingerprint density at radius 3 is 2.54 bits per heavy atom. The maximum absolute atomic E-state index is 13.1. The molecule has 2 heterocycles. The summed E-state index contributed by atoms with van der Waals surface area (Å²) in [4.78, 5) is 22.2. The third-order valence-electron chi connectivity index (χ3n) is 6.25. The van der Waals surface area contributed by atoms with Crippen LogP contribution in [-0.2, 0) is 16.3 Å². The first-order chi connectivity index (χ1) is 17.8.